The molecule has 0 aliphatic heterocycles. The molecular weight excluding hydrogens is 313 g/mol. The van der Waals surface area contributed by atoms with Gasteiger partial charge < -0.3 is 4.74 Å². The molecule has 2 nitrogen and oxygen atoms in total. The number of pyridine rings is 1. The number of halogens is 3. The van der Waals surface area contributed by atoms with Crippen molar-refractivity contribution in [1.82, 2.24) is 4.98 Å². The molecule has 1 aromatic heterocycles. The summed E-state index contributed by atoms with van der Waals surface area (Å²) in [6.45, 7) is 0. The van der Waals surface area contributed by atoms with E-state index in [-0.39, 0.29) is 0 Å². The average Bonchev–Trinajstić information content (AvgIpc) is 2.27. The predicted octanol–water partition coefficient (Wildman–Crippen LogP) is 4.94. The lowest BCUT2D eigenvalue weighted by Gasteiger charge is -2.08. The van der Waals surface area contributed by atoms with Crippen LogP contribution in [0.1, 0.15) is 0 Å². The molecule has 0 N–H and O–H groups in total. The van der Waals surface area contributed by atoms with Crippen LogP contribution >= 0.6 is 39.1 Å². The van der Waals surface area contributed by atoms with Gasteiger partial charge in [0.05, 0.1) is 9.50 Å². The lowest BCUT2D eigenvalue weighted by molar-refractivity contribution is 0.479. The van der Waals surface area contributed by atoms with E-state index >= 15 is 0 Å². The Morgan fingerprint density at radius 3 is 2.69 bits per heavy atom. The number of aromatic nitrogens is 1. The largest absolute Gasteiger partial charge is 0.454 e. The molecule has 0 saturated heterocycles. The Labute approximate surface area is 111 Å². The molecule has 1 aromatic carbocycles. The normalized spacial score (nSPS) is 10.2. The number of ether oxygens (including phenoxy) is 1. The molecule has 0 spiro atoms. The molecule has 2 rings (SSSR count). The van der Waals surface area contributed by atoms with Gasteiger partial charge in [-0.2, -0.15) is 0 Å². The average molecular weight is 319 g/mol. The zero-order chi connectivity index (χ0) is 11.5. The third-order valence-corrected chi connectivity index (χ3v) is 2.99. The van der Waals surface area contributed by atoms with Gasteiger partial charge in [0.1, 0.15) is 11.5 Å². The quantitative estimate of drug-likeness (QED) is 0.782. The van der Waals surface area contributed by atoms with Crippen molar-refractivity contribution in [2.45, 2.75) is 0 Å². The van der Waals surface area contributed by atoms with Crippen LogP contribution in [0.25, 0.3) is 0 Å². The van der Waals surface area contributed by atoms with Crippen LogP contribution in [0.3, 0.4) is 0 Å². The van der Waals surface area contributed by atoms with Crippen molar-refractivity contribution in [2.75, 3.05) is 0 Å². The Hall–Kier alpha value is -0.770. The van der Waals surface area contributed by atoms with E-state index in [4.69, 9.17) is 27.9 Å². The van der Waals surface area contributed by atoms with Gasteiger partial charge in [-0.25, -0.2) is 0 Å². The summed E-state index contributed by atoms with van der Waals surface area (Å²) in [6.07, 6.45) is 3.28. The second-order valence-electron chi connectivity index (χ2n) is 2.98. The van der Waals surface area contributed by atoms with Crippen LogP contribution in [0.15, 0.2) is 41.1 Å². The molecule has 5 heteroatoms. The fraction of sp³-hybridized carbons (Fsp3) is 0. The first-order valence-electron chi connectivity index (χ1n) is 4.39. The molecule has 0 aliphatic carbocycles. The molecule has 0 atom stereocenters. The van der Waals surface area contributed by atoms with Crippen LogP contribution in [-0.2, 0) is 0 Å². The molecule has 0 fully saturated rings. The van der Waals surface area contributed by atoms with Crippen molar-refractivity contribution < 1.29 is 4.74 Å². The number of rotatable bonds is 2. The first-order valence-corrected chi connectivity index (χ1v) is 5.94. The fourth-order valence-electron chi connectivity index (χ4n) is 1.12. The molecule has 0 unspecified atom stereocenters. The van der Waals surface area contributed by atoms with Gasteiger partial charge >= 0.3 is 0 Å². The highest BCUT2D eigenvalue weighted by molar-refractivity contribution is 9.10. The van der Waals surface area contributed by atoms with Crippen LogP contribution in [0.5, 0.6) is 11.5 Å². The number of hydrogen-bond donors (Lipinski definition) is 0. The molecule has 82 valence electrons. The summed E-state index contributed by atoms with van der Waals surface area (Å²) >= 11 is 15.2. The molecule has 1 heterocycles. The molecule has 0 amide bonds. The molecular formula is C11H6BrCl2NO. The van der Waals surface area contributed by atoms with Gasteiger partial charge in [0.15, 0.2) is 0 Å². The predicted molar refractivity (Wildman–Crippen MR) is 68.5 cm³/mol. The van der Waals surface area contributed by atoms with E-state index < -0.39 is 0 Å². The van der Waals surface area contributed by atoms with Gasteiger partial charge in [0, 0.05) is 29.5 Å². The summed E-state index contributed by atoms with van der Waals surface area (Å²) in [6, 6.07) is 6.80. The van der Waals surface area contributed by atoms with Crippen molar-refractivity contribution in [3.63, 3.8) is 0 Å². The number of nitrogens with zero attached hydrogens (tertiary/aromatic N) is 1. The summed E-state index contributed by atoms with van der Waals surface area (Å²) < 4.78 is 6.37. The highest BCUT2D eigenvalue weighted by Gasteiger charge is 2.06. The minimum atomic E-state index is 0.508. The third-order valence-electron chi connectivity index (χ3n) is 1.85. The van der Waals surface area contributed by atoms with E-state index in [1.165, 1.54) is 0 Å². The SMILES string of the molecule is Clc1ccc(Cl)c(Oc2ccncc2Br)c1. The molecule has 16 heavy (non-hydrogen) atoms. The van der Waals surface area contributed by atoms with E-state index in [9.17, 15) is 0 Å². The minimum Gasteiger partial charge on any atom is -0.454 e. The summed E-state index contributed by atoms with van der Waals surface area (Å²) in [4.78, 5) is 3.94. The van der Waals surface area contributed by atoms with E-state index in [0.717, 1.165) is 4.47 Å². The summed E-state index contributed by atoms with van der Waals surface area (Å²) in [5.74, 6) is 1.15. The highest BCUT2D eigenvalue weighted by Crippen LogP contribution is 2.34. The van der Waals surface area contributed by atoms with Gasteiger partial charge in [-0.05, 0) is 28.1 Å². The molecule has 0 saturated carbocycles. The Bertz CT molecular complexity index is 519. The van der Waals surface area contributed by atoms with Crippen molar-refractivity contribution in [3.8, 4) is 11.5 Å². The summed E-state index contributed by atoms with van der Waals surface area (Å²) in [7, 11) is 0. The Balaban J connectivity index is 2.34. The Morgan fingerprint density at radius 1 is 1.12 bits per heavy atom. The van der Waals surface area contributed by atoms with Crippen molar-refractivity contribution >= 4 is 39.1 Å². The van der Waals surface area contributed by atoms with Crippen molar-refractivity contribution in [2.24, 2.45) is 0 Å². The van der Waals surface area contributed by atoms with Crippen LogP contribution in [0, 0.1) is 0 Å². The maximum absolute atomic E-state index is 5.98. The van der Waals surface area contributed by atoms with Crippen molar-refractivity contribution in [3.05, 3.63) is 51.2 Å². The maximum atomic E-state index is 5.98. The molecule has 0 radical (unpaired) electrons. The third kappa shape index (κ3) is 2.67. The molecule has 2 aromatic rings. The van der Waals surface area contributed by atoms with Crippen LogP contribution in [-0.4, -0.2) is 4.98 Å². The van der Waals surface area contributed by atoms with Gasteiger partial charge in [0.25, 0.3) is 0 Å². The smallest absolute Gasteiger partial charge is 0.147 e. The second kappa shape index (κ2) is 5.04. The lowest BCUT2D eigenvalue weighted by Crippen LogP contribution is -1.87. The van der Waals surface area contributed by atoms with Gasteiger partial charge in [-0.3, -0.25) is 4.98 Å². The monoisotopic (exact) mass is 317 g/mol. The Kier molecular flexibility index (Phi) is 3.69. The number of hydrogen-bond acceptors (Lipinski definition) is 2. The van der Waals surface area contributed by atoms with Crippen molar-refractivity contribution in [1.29, 1.82) is 0 Å². The van der Waals surface area contributed by atoms with Crippen LogP contribution in [0.4, 0.5) is 0 Å². The van der Waals surface area contributed by atoms with Gasteiger partial charge in [-0.15, -0.1) is 0 Å². The zero-order valence-electron chi connectivity index (χ0n) is 7.95. The number of benzene rings is 1. The van der Waals surface area contributed by atoms with E-state index in [1.54, 1.807) is 36.7 Å². The lowest BCUT2D eigenvalue weighted by atomic mass is 10.3. The maximum Gasteiger partial charge on any atom is 0.147 e. The van der Waals surface area contributed by atoms with Gasteiger partial charge in [-0.1, -0.05) is 23.2 Å². The minimum absolute atomic E-state index is 0.508. The molecule has 0 aliphatic rings. The summed E-state index contributed by atoms with van der Waals surface area (Å²) in [5.41, 5.74) is 0. The second-order valence-corrected chi connectivity index (χ2v) is 4.68. The van der Waals surface area contributed by atoms with Crippen LogP contribution in [0.2, 0.25) is 10.0 Å². The standard InChI is InChI=1S/C11H6BrCl2NO/c12-8-6-15-4-3-10(8)16-11-5-7(13)1-2-9(11)14/h1-6H. The first-order chi connectivity index (χ1) is 7.66. The topological polar surface area (TPSA) is 22.1 Å². The van der Waals surface area contributed by atoms with E-state index in [2.05, 4.69) is 20.9 Å². The zero-order valence-corrected chi connectivity index (χ0v) is 11.1. The first kappa shape index (κ1) is 11.7. The molecule has 0 bridgehead atoms. The van der Waals surface area contributed by atoms with Gasteiger partial charge in [0.2, 0.25) is 0 Å². The summed E-state index contributed by atoms with van der Waals surface area (Å²) in [5, 5.41) is 1.08. The van der Waals surface area contributed by atoms with E-state index in [1.807, 2.05) is 0 Å². The fourth-order valence-corrected chi connectivity index (χ4v) is 1.77. The highest BCUT2D eigenvalue weighted by atomic mass is 79.9. The van der Waals surface area contributed by atoms with Crippen LogP contribution < -0.4 is 4.74 Å². The Morgan fingerprint density at radius 2 is 1.94 bits per heavy atom. The van der Waals surface area contributed by atoms with E-state index in [0.29, 0.717) is 21.5 Å².